The standard InChI is InChI=1S/C11H22N2O2S/c1-8(2)5-10-12-6-11(14)13(10)7-9(3)16(4)15/h8-10,12H,5-7H2,1-4H3. The molecule has 1 aliphatic rings. The molecule has 0 aromatic carbocycles. The molecule has 0 bridgehead atoms. The van der Waals surface area contributed by atoms with E-state index in [1.807, 2.05) is 11.8 Å². The van der Waals surface area contributed by atoms with Crippen LogP contribution in [0.3, 0.4) is 0 Å². The Kier molecular flexibility index (Phi) is 4.92. The van der Waals surface area contributed by atoms with Crippen LogP contribution in [0.4, 0.5) is 0 Å². The van der Waals surface area contributed by atoms with Crippen LogP contribution in [0.15, 0.2) is 0 Å². The van der Waals surface area contributed by atoms with Crippen molar-refractivity contribution in [1.29, 1.82) is 0 Å². The lowest BCUT2D eigenvalue weighted by molar-refractivity contribution is -0.128. The molecule has 1 saturated heterocycles. The van der Waals surface area contributed by atoms with E-state index in [0.717, 1.165) is 6.42 Å². The lowest BCUT2D eigenvalue weighted by Crippen LogP contribution is -2.42. The molecule has 0 saturated carbocycles. The highest BCUT2D eigenvalue weighted by molar-refractivity contribution is 7.84. The highest BCUT2D eigenvalue weighted by Gasteiger charge is 2.31. The third-order valence-electron chi connectivity index (χ3n) is 2.90. The number of amides is 1. The van der Waals surface area contributed by atoms with E-state index in [1.165, 1.54) is 0 Å². The third-order valence-corrected chi connectivity index (χ3v) is 4.18. The zero-order valence-electron chi connectivity index (χ0n) is 10.5. The second-order valence-corrected chi connectivity index (χ2v) is 6.68. The van der Waals surface area contributed by atoms with Crippen molar-refractivity contribution >= 4 is 16.7 Å². The van der Waals surface area contributed by atoms with E-state index < -0.39 is 10.8 Å². The molecule has 0 aliphatic carbocycles. The summed E-state index contributed by atoms with van der Waals surface area (Å²) >= 11 is 0. The molecule has 1 fully saturated rings. The molecule has 0 radical (unpaired) electrons. The highest BCUT2D eigenvalue weighted by Crippen LogP contribution is 2.15. The number of rotatable bonds is 5. The van der Waals surface area contributed by atoms with Crippen molar-refractivity contribution in [3.63, 3.8) is 0 Å². The minimum Gasteiger partial charge on any atom is -0.325 e. The van der Waals surface area contributed by atoms with Gasteiger partial charge in [0.05, 0.1) is 12.7 Å². The van der Waals surface area contributed by atoms with Gasteiger partial charge in [0, 0.05) is 28.9 Å². The van der Waals surface area contributed by atoms with E-state index in [9.17, 15) is 9.00 Å². The Balaban J connectivity index is 2.59. The molecule has 1 heterocycles. The maximum Gasteiger partial charge on any atom is 0.237 e. The predicted octanol–water partition coefficient (Wildman–Crippen LogP) is 0.557. The lowest BCUT2D eigenvalue weighted by Gasteiger charge is -2.27. The fraction of sp³-hybridized carbons (Fsp3) is 0.909. The van der Waals surface area contributed by atoms with Crippen LogP contribution >= 0.6 is 0 Å². The van der Waals surface area contributed by atoms with Crippen LogP contribution in [0.5, 0.6) is 0 Å². The first-order chi connectivity index (χ1) is 7.41. The maximum atomic E-state index is 11.7. The fourth-order valence-corrected chi connectivity index (χ4v) is 2.23. The van der Waals surface area contributed by atoms with Crippen molar-refractivity contribution in [2.24, 2.45) is 5.92 Å². The van der Waals surface area contributed by atoms with Gasteiger partial charge in [0.2, 0.25) is 5.91 Å². The van der Waals surface area contributed by atoms with Crippen molar-refractivity contribution in [2.75, 3.05) is 19.3 Å². The second-order valence-electron chi connectivity index (χ2n) is 4.88. The summed E-state index contributed by atoms with van der Waals surface area (Å²) in [5.74, 6) is 0.677. The van der Waals surface area contributed by atoms with Crippen LogP contribution < -0.4 is 5.32 Å². The molecule has 1 N–H and O–H groups in total. The smallest absolute Gasteiger partial charge is 0.237 e. The Bertz CT molecular complexity index is 281. The SMILES string of the molecule is CC(C)CC1NCC(=O)N1CC(C)S(C)=O. The zero-order valence-corrected chi connectivity index (χ0v) is 11.3. The van der Waals surface area contributed by atoms with Gasteiger partial charge in [-0.25, -0.2) is 0 Å². The Morgan fingerprint density at radius 1 is 1.50 bits per heavy atom. The summed E-state index contributed by atoms with van der Waals surface area (Å²) < 4.78 is 11.3. The van der Waals surface area contributed by atoms with E-state index in [-0.39, 0.29) is 17.3 Å². The van der Waals surface area contributed by atoms with E-state index in [4.69, 9.17) is 0 Å². The highest BCUT2D eigenvalue weighted by atomic mass is 32.2. The van der Waals surface area contributed by atoms with Gasteiger partial charge in [0.15, 0.2) is 0 Å². The Morgan fingerprint density at radius 3 is 2.62 bits per heavy atom. The van der Waals surface area contributed by atoms with Crippen LogP contribution in [0.1, 0.15) is 27.2 Å². The average Bonchev–Trinajstić information content (AvgIpc) is 2.48. The fourth-order valence-electron chi connectivity index (χ4n) is 1.86. The largest absolute Gasteiger partial charge is 0.325 e. The van der Waals surface area contributed by atoms with Crippen LogP contribution in [0.2, 0.25) is 0 Å². The van der Waals surface area contributed by atoms with E-state index in [0.29, 0.717) is 19.0 Å². The molecular weight excluding hydrogens is 224 g/mol. The number of hydrogen-bond acceptors (Lipinski definition) is 3. The van der Waals surface area contributed by atoms with Crippen molar-refractivity contribution < 1.29 is 9.00 Å². The summed E-state index contributed by atoms with van der Waals surface area (Å²) in [5.41, 5.74) is 0. The van der Waals surface area contributed by atoms with Crippen molar-refractivity contribution in [2.45, 2.75) is 38.6 Å². The van der Waals surface area contributed by atoms with E-state index in [1.54, 1.807) is 6.26 Å². The topological polar surface area (TPSA) is 49.4 Å². The van der Waals surface area contributed by atoms with Gasteiger partial charge in [-0.05, 0) is 19.3 Å². The van der Waals surface area contributed by atoms with Crippen molar-refractivity contribution in [3.8, 4) is 0 Å². The maximum absolute atomic E-state index is 11.7. The quantitative estimate of drug-likeness (QED) is 0.771. The molecular formula is C11H22N2O2S. The summed E-state index contributed by atoms with van der Waals surface area (Å²) in [5, 5.41) is 3.25. The second kappa shape index (κ2) is 5.77. The predicted molar refractivity (Wildman–Crippen MR) is 66.5 cm³/mol. The van der Waals surface area contributed by atoms with E-state index in [2.05, 4.69) is 19.2 Å². The summed E-state index contributed by atoms with van der Waals surface area (Å²) in [6, 6.07) is 0. The molecule has 3 unspecified atom stereocenters. The number of carbonyl (C=O) groups is 1. The Labute approximate surface area is 100 Å². The van der Waals surface area contributed by atoms with Crippen molar-refractivity contribution in [1.82, 2.24) is 10.2 Å². The average molecular weight is 246 g/mol. The molecule has 5 heteroatoms. The molecule has 94 valence electrons. The number of hydrogen-bond donors (Lipinski definition) is 1. The van der Waals surface area contributed by atoms with Crippen molar-refractivity contribution in [3.05, 3.63) is 0 Å². The molecule has 3 atom stereocenters. The molecule has 0 spiro atoms. The van der Waals surface area contributed by atoms with Crippen LogP contribution in [0, 0.1) is 5.92 Å². The first kappa shape index (κ1) is 13.6. The number of nitrogens with zero attached hydrogens (tertiary/aromatic N) is 1. The van der Waals surface area contributed by atoms with Gasteiger partial charge in [-0.1, -0.05) is 13.8 Å². The van der Waals surface area contributed by atoms with Gasteiger partial charge < -0.3 is 4.90 Å². The lowest BCUT2D eigenvalue weighted by atomic mass is 10.1. The van der Waals surface area contributed by atoms with Gasteiger partial charge in [-0.3, -0.25) is 14.3 Å². The van der Waals surface area contributed by atoms with Gasteiger partial charge in [-0.2, -0.15) is 0 Å². The molecule has 1 amide bonds. The summed E-state index contributed by atoms with van der Waals surface area (Å²) in [4.78, 5) is 13.5. The molecule has 0 aromatic heterocycles. The first-order valence-corrected chi connectivity index (χ1v) is 7.39. The first-order valence-electron chi connectivity index (χ1n) is 5.77. The molecule has 1 rings (SSSR count). The Hall–Kier alpha value is -0.420. The number of nitrogens with one attached hydrogen (secondary N) is 1. The molecule has 0 aromatic rings. The van der Waals surface area contributed by atoms with Crippen LogP contribution in [-0.4, -0.2) is 45.8 Å². The van der Waals surface area contributed by atoms with Crippen LogP contribution in [0.25, 0.3) is 0 Å². The summed E-state index contributed by atoms with van der Waals surface area (Å²) in [7, 11) is -0.871. The molecule has 16 heavy (non-hydrogen) atoms. The minimum absolute atomic E-state index is 0.0403. The zero-order chi connectivity index (χ0) is 12.3. The molecule has 1 aliphatic heterocycles. The van der Waals surface area contributed by atoms with Gasteiger partial charge in [-0.15, -0.1) is 0 Å². The summed E-state index contributed by atoms with van der Waals surface area (Å²) in [6.07, 6.45) is 2.77. The van der Waals surface area contributed by atoms with Crippen LogP contribution in [-0.2, 0) is 15.6 Å². The van der Waals surface area contributed by atoms with E-state index >= 15 is 0 Å². The van der Waals surface area contributed by atoms with Gasteiger partial charge >= 0.3 is 0 Å². The summed E-state index contributed by atoms with van der Waals surface area (Å²) in [6.45, 7) is 7.22. The normalized spacial score (nSPS) is 25.2. The number of carbonyl (C=O) groups excluding carboxylic acids is 1. The monoisotopic (exact) mass is 246 g/mol. The molecule has 4 nitrogen and oxygen atoms in total. The third kappa shape index (κ3) is 3.56. The Morgan fingerprint density at radius 2 is 2.12 bits per heavy atom. The van der Waals surface area contributed by atoms with Gasteiger partial charge in [0.1, 0.15) is 0 Å². The van der Waals surface area contributed by atoms with Gasteiger partial charge in [0.25, 0.3) is 0 Å². The minimum atomic E-state index is -0.871.